The zero-order valence-electron chi connectivity index (χ0n) is 11.3. The van der Waals surface area contributed by atoms with Crippen LogP contribution >= 0.6 is 0 Å². The molecule has 6 nitrogen and oxygen atoms in total. The van der Waals surface area contributed by atoms with Gasteiger partial charge in [-0.2, -0.15) is 8.42 Å². The normalized spacial score (nSPS) is 11.5. The molecule has 100 valence electrons. The molecule has 0 aromatic carbocycles. The number of ether oxygens (including phenoxy) is 1. The van der Waals surface area contributed by atoms with E-state index in [4.69, 9.17) is 9.29 Å². The maximum atomic E-state index is 10.8. The van der Waals surface area contributed by atoms with Gasteiger partial charge in [-0.3, -0.25) is 4.55 Å². The van der Waals surface area contributed by atoms with E-state index in [0.717, 1.165) is 6.08 Å². The van der Waals surface area contributed by atoms with Gasteiger partial charge in [0.2, 0.25) is 0 Å². The topological polar surface area (TPSA) is 80.7 Å². The molecular weight excluding hydrogens is 253 g/mol. The Morgan fingerprint density at radius 1 is 1.39 bits per heavy atom. The van der Waals surface area contributed by atoms with Crippen LogP contribution in [0, 0.1) is 0 Å². The van der Waals surface area contributed by atoms with Crippen LogP contribution in [0.3, 0.4) is 0 Å². The van der Waals surface area contributed by atoms with E-state index >= 15 is 0 Å². The summed E-state index contributed by atoms with van der Waals surface area (Å²) in [5, 5.41) is 0. The van der Waals surface area contributed by atoms with E-state index in [0.29, 0.717) is 24.0 Å². The molecule has 0 spiro atoms. The molecule has 0 fully saturated rings. The van der Waals surface area contributed by atoms with Gasteiger partial charge in [0, 0.05) is 12.5 Å². The molecule has 8 heteroatoms. The summed E-state index contributed by atoms with van der Waals surface area (Å²) < 4.78 is 35.0. The number of carbonyl (C=O) groups is 1. The van der Waals surface area contributed by atoms with Crippen LogP contribution in [0.5, 0.6) is 0 Å². The van der Waals surface area contributed by atoms with Crippen LogP contribution in [0.2, 0.25) is 0 Å². The summed E-state index contributed by atoms with van der Waals surface area (Å²) in [6, 6.07) is 0. The van der Waals surface area contributed by atoms with Crippen LogP contribution < -0.4 is 18.9 Å². The van der Waals surface area contributed by atoms with Crippen LogP contribution in [0.1, 0.15) is 6.42 Å². The second-order valence-corrected chi connectivity index (χ2v) is 5.97. The first-order chi connectivity index (χ1) is 7.66. The number of hydrogen-bond donors (Lipinski definition) is 1. The third-order valence-corrected chi connectivity index (χ3v) is 3.08. The summed E-state index contributed by atoms with van der Waals surface area (Å²) >= 11 is 0. The molecule has 0 aliphatic carbocycles. The maximum Gasteiger partial charge on any atom is 1.00 e. The third-order valence-electron chi connectivity index (χ3n) is 2.27. The van der Waals surface area contributed by atoms with Crippen LogP contribution in [0.25, 0.3) is 0 Å². The Labute approximate surface area is 121 Å². The van der Waals surface area contributed by atoms with E-state index in [2.05, 4.69) is 6.58 Å². The summed E-state index contributed by atoms with van der Waals surface area (Å²) in [5.74, 6) is -0.718. The van der Waals surface area contributed by atoms with Crippen LogP contribution in [-0.4, -0.2) is 63.0 Å². The SMILES string of the molecule is C=CC(=O)OCC[N+](C)(C)CCCS(=O)(=O)O.[Li+]. The second kappa shape index (κ2) is 8.72. The summed E-state index contributed by atoms with van der Waals surface area (Å²) in [6.45, 7) is 4.68. The van der Waals surface area contributed by atoms with Gasteiger partial charge >= 0.3 is 24.8 Å². The summed E-state index contributed by atoms with van der Waals surface area (Å²) in [7, 11) is -0.104. The molecular formula is C10H20LiNO5S+2. The van der Waals surface area contributed by atoms with Gasteiger partial charge in [0.15, 0.2) is 0 Å². The van der Waals surface area contributed by atoms with Crippen molar-refractivity contribution < 1.29 is 45.8 Å². The number of rotatable bonds is 8. The largest absolute Gasteiger partial charge is 1.00 e. The van der Waals surface area contributed by atoms with Gasteiger partial charge in [-0.1, -0.05) is 6.58 Å². The van der Waals surface area contributed by atoms with Gasteiger partial charge in [0.25, 0.3) is 10.1 Å². The Morgan fingerprint density at radius 3 is 2.39 bits per heavy atom. The number of nitrogens with zero attached hydrogens (tertiary/aromatic N) is 1. The standard InChI is InChI=1S/C10H19NO5S.Li/c1-4-10(12)16-8-7-11(2,3)6-5-9-17(13,14)15;/h4H,1,5-9H2,2-3H3;/q;+1/p+1. The molecule has 0 saturated heterocycles. The smallest absolute Gasteiger partial charge is 0.457 e. The Kier molecular flexibility index (Phi) is 9.69. The fourth-order valence-electron chi connectivity index (χ4n) is 1.24. The van der Waals surface area contributed by atoms with E-state index in [9.17, 15) is 13.2 Å². The molecule has 0 aromatic rings. The van der Waals surface area contributed by atoms with Crippen LogP contribution in [0.15, 0.2) is 12.7 Å². The summed E-state index contributed by atoms with van der Waals surface area (Å²) in [5.41, 5.74) is 0. The predicted molar refractivity (Wildman–Crippen MR) is 64.0 cm³/mol. The molecule has 0 saturated carbocycles. The van der Waals surface area contributed by atoms with Gasteiger partial charge in [0.1, 0.15) is 13.2 Å². The minimum absolute atomic E-state index is 0. The molecule has 0 aliphatic rings. The second-order valence-electron chi connectivity index (χ2n) is 4.39. The molecule has 0 amide bonds. The van der Waals surface area contributed by atoms with Crippen molar-refractivity contribution in [1.82, 2.24) is 0 Å². The third kappa shape index (κ3) is 12.1. The van der Waals surface area contributed by atoms with E-state index < -0.39 is 16.1 Å². The average molecular weight is 273 g/mol. The predicted octanol–water partition coefficient (Wildman–Crippen LogP) is -2.93. The molecule has 0 atom stereocenters. The Hall–Kier alpha value is -0.323. The molecule has 0 rings (SSSR count). The molecule has 0 unspecified atom stereocenters. The number of likely N-dealkylation sites (N-methyl/N-ethyl adjacent to an activating group) is 1. The first-order valence-corrected chi connectivity index (χ1v) is 6.83. The van der Waals surface area contributed by atoms with Gasteiger partial charge in [0.05, 0.1) is 26.4 Å². The maximum absolute atomic E-state index is 10.8. The number of quaternary nitrogens is 1. The Bertz CT molecular complexity index is 366. The van der Waals surface area contributed by atoms with Gasteiger partial charge in [-0.05, 0) is 0 Å². The first-order valence-electron chi connectivity index (χ1n) is 5.23. The number of carbonyl (C=O) groups excluding carboxylic acids is 1. The molecule has 0 aliphatic heterocycles. The first kappa shape index (κ1) is 20.0. The minimum Gasteiger partial charge on any atom is -0.457 e. The van der Waals surface area contributed by atoms with E-state index in [1.807, 2.05) is 14.1 Å². The molecule has 0 bridgehead atoms. The van der Waals surface area contributed by atoms with Crippen LogP contribution in [-0.2, 0) is 19.6 Å². The van der Waals surface area contributed by atoms with E-state index in [-0.39, 0.29) is 31.2 Å². The van der Waals surface area contributed by atoms with Gasteiger partial charge < -0.3 is 9.22 Å². The fraction of sp³-hybridized carbons (Fsp3) is 0.700. The van der Waals surface area contributed by atoms with Crippen molar-refractivity contribution in [3.8, 4) is 0 Å². The van der Waals surface area contributed by atoms with Crippen LogP contribution in [0.4, 0.5) is 0 Å². The Balaban J connectivity index is 0. The van der Waals surface area contributed by atoms with Crippen molar-refractivity contribution in [2.75, 3.05) is 39.5 Å². The summed E-state index contributed by atoms with van der Waals surface area (Å²) in [4.78, 5) is 10.8. The Morgan fingerprint density at radius 2 is 1.94 bits per heavy atom. The van der Waals surface area contributed by atoms with Crippen molar-refractivity contribution in [1.29, 1.82) is 0 Å². The molecule has 0 heterocycles. The van der Waals surface area contributed by atoms with Crippen molar-refractivity contribution in [3.05, 3.63) is 12.7 Å². The van der Waals surface area contributed by atoms with E-state index in [1.54, 1.807) is 0 Å². The summed E-state index contributed by atoms with van der Waals surface area (Å²) in [6.07, 6.45) is 1.46. The molecule has 18 heavy (non-hydrogen) atoms. The molecule has 1 N–H and O–H groups in total. The van der Waals surface area contributed by atoms with Crippen molar-refractivity contribution in [2.45, 2.75) is 6.42 Å². The number of esters is 1. The molecule has 0 aromatic heterocycles. The minimum atomic E-state index is -3.89. The fourth-order valence-corrected chi connectivity index (χ4v) is 1.73. The van der Waals surface area contributed by atoms with Crippen molar-refractivity contribution in [3.63, 3.8) is 0 Å². The zero-order chi connectivity index (χ0) is 13.5. The monoisotopic (exact) mass is 273 g/mol. The van der Waals surface area contributed by atoms with Crippen molar-refractivity contribution in [2.24, 2.45) is 0 Å². The molecule has 0 radical (unpaired) electrons. The van der Waals surface area contributed by atoms with E-state index in [1.165, 1.54) is 0 Å². The number of hydrogen-bond acceptors (Lipinski definition) is 4. The van der Waals surface area contributed by atoms with Gasteiger partial charge in [-0.25, -0.2) is 4.79 Å². The zero-order valence-corrected chi connectivity index (χ0v) is 12.1. The quantitative estimate of drug-likeness (QED) is 0.168. The van der Waals surface area contributed by atoms with Crippen molar-refractivity contribution >= 4 is 16.1 Å². The average Bonchev–Trinajstić information content (AvgIpc) is 2.14. The van der Waals surface area contributed by atoms with Gasteiger partial charge in [-0.15, -0.1) is 0 Å².